The molecule has 0 aliphatic rings. The molecule has 0 aliphatic heterocycles. The van der Waals surface area contributed by atoms with Crippen LogP contribution in [0.3, 0.4) is 0 Å². The molecular formula is C19H17NO3. The molecule has 0 saturated carbocycles. The lowest BCUT2D eigenvalue weighted by molar-refractivity contribution is 0.0697. The van der Waals surface area contributed by atoms with Gasteiger partial charge in [0.1, 0.15) is 11.5 Å². The molecule has 1 heterocycles. The van der Waals surface area contributed by atoms with E-state index in [1.165, 1.54) is 5.56 Å². The van der Waals surface area contributed by atoms with Crippen molar-refractivity contribution in [2.75, 3.05) is 0 Å². The van der Waals surface area contributed by atoms with Crippen LogP contribution in [0.1, 0.15) is 21.7 Å². The molecule has 23 heavy (non-hydrogen) atoms. The summed E-state index contributed by atoms with van der Waals surface area (Å²) in [6.45, 7) is 1.42. The normalized spacial score (nSPS) is 10.6. The molecule has 0 saturated heterocycles. The van der Waals surface area contributed by atoms with Crippen LogP contribution < -0.4 is 5.32 Å². The molecule has 3 rings (SSSR count). The van der Waals surface area contributed by atoms with Gasteiger partial charge in [0, 0.05) is 12.1 Å². The zero-order valence-electron chi connectivity index (χ0n) is 12.5. The highest BCUT2D eigenvalue weighted by Crippen LogP contribution is 2.22. The molecule has 2 N–H and O–H groups in total. The van der Waals surface area contributed by atoms with Gasteiger partial charge in [0.15, 0.2) is 0 Å². The first-order valence-corrected chi connectivity index (χ1v) is 7.39. The lowest BCUT2D eigenvalue weighted by Crippen LogP contribution is -2.11. The molecule has 0 aliphatic carbocycles. The Labute approximate surface area is 134 Å². The number of rotatable bonds is 6. The van der Waals surface area contributed by atoms with Crippen LogP contribution in [0.25, 0.3) is 11.3 Å². The van der Waals surface area contributed by atoms with Gasteiger partial charge in [-0.25, -0.2) is 4.79 Å². The van der Waals surface area contributed by atoms with Crippen LogP contribution in [0.15, 0.2) is 71.1 Å². The van der Waals surface area contributed by atoms with Crippen molar-refractivity contribution < 1.29 is 14.3 Å². The van der Waals surface area contributed by atoms with Crippen LogP contribution in [0, 0.1) is 0 Å². The number of carbonyl (C=O) groups is 1. The Morgan fingerprint density at radius 2 is 1.65 bits per heavy atom. The Kier molecular flexibility index (Phi) is 4.54. The van der Waals surface area contributed by atoms with Crippen LogP contribution in [-0.4, -0.2) is 11.1 Å². The van der Waals surface area contributed by atoms with Gasteiger partial charge in [-0.2, -0.15) is 0 Å². The predicted octanol–water partition coefficient (Wildman–Crippen LogP) is 3.93. The predicted molar refractivity (Wildman–Crippen MR) is 88.1 cm³/mol. The van der Waals surface area contributed by atoms with Gasteiger partial charge in [-0.05, 0) is 29.8 Å². The number of carboxylic acids is 1. The topological polar surface area (TPSA) is 62.5 Å². The fraction of sp³-hybridized carbons (Fsp3) is 0.105. The molecule has 0 fully saturated rings. The minimum atomic E-state index is -0.929. The van der Waals surface area contributed by atoms with E-state index in [1.54, 1.807) is 24.3 Å². The highest BCUT2D eigenvalue weighted by molar-refractivity contribution is 5.88. The Morgan fingerprint density at radius 1 is 0.913 bits per heavy atom. The monoisotopic (exact) mass is 307 g/mol. The van der Waals surface area contributed by atoms with Gasteiger partial charge in [0.25, 0.3) is 0 Å². The average Bonchev–Trinajstić information content (AvgIpc) is 3.05. The summed E-state index contributed by atoms with van der Waals surface area (Å²) in [5.41, 5.74) is 2.36. The van der Waals surface area contributed by atoms with Crippen LogP contribution in [-0.2, 0) is 13.1 Å². The minimum absolute atomic E-state index is 0.269. The van der Waals surface area contributed by atoms with Crippen molar-refractivity contribution in [3.63, 3.8) is 0 Å². The molecule has 0 radical (unpaired) electrons. The standard InChI is InChI=1S/C19H17NO3/c21-19(22)16-8-6-15(7-9-16)18-11-10-17(23-18)13-20-12-14-4-2-1-3-5-14/h1-11,20H,12-13H2,(H,21,22). The summed E-state index contributed by atoms with van der Waals surface area (Å²) in [4.78, 5) is 10.9. The summed E-state index contributed by atoms with van der Waals surface area (Å²) in [5.74, 6) is 0.651. The number of carboxylic acid groups (broad SMARTS) is 1. The van der Waals surface area contributed by atoms with Crippen molar-refractivity contribution >= 4 is 5.97 Å². The summed E-state index contributed by atoms with van der Waals surface area (Å²) in [5, 5.41) is 12.2. The number of furan rings is 1. The highest BCUT2D eigenvalue weighted by Gasteiger charge is 2.07. The van der Waals surface area contributed by atoms with Crippen molar-refractivity contribution in [3.8, 4) is 11.3 Å². The van der Waals surface area contributed by atoms with Crippen LogP contribution in [0.4, 0.5) is 0 Å². The van der Waals surface area contributed by atoms with Crippen LogP contribution in [0.5, 0.6) is 0 Å². The maximum absolute atomic E-state index is 10.9. The number of aromatic carboxylic acids is 1. The first-order chi connectivity index (χ1) is 11.2. The van der Waals surface area contributed by atoms with E-state index in [1.807, 2.05) is 30.3 Å². The first-order valence-electron chi connectivity index (χ1n) is 7.39. The molecule has 116 valence electrons. The third-order valence-corrected chi connectivity index (χ3v) is 3.55. The number of hydrogen-bond donors (Lipinski definition) is 2. The SMILES string of the molecule is O=C(O)c1ccc(-c2ccc(CNCc3ccccc3)o2)cc1. The molecule has 0 unspecified atom stereocenters. The Hall–Kier alpha value is -2.85. The zero-order chi connectivity index (χ0) is 16.1. The van der Waals surface area contributed by atoms with E-state index in [9.17, 15) is 4.79 Å². The molecule has 3 aromatic rings. The fourth-order valence-electron chi connectivity index (χ4n) is 2.33. The van der Waals surface area contributed by atoms with Gasteiger partial charge in [-0.15, -0.1) is 0 Å². The van der Waals surface area contributed by atoms with Gasteiger partial charge in [0.05, 0.1) is 12.1 Å². The molecule has 0 amide bonds. The number of hydrogen-bond acceptors (Lipinski definition) is 3. The van der Waals surface area contributed by atoms with Gasteiger partial charge in [-0.3, -0.25) is 0 Å². The van der Waals surface area contributed by atoms with Crippen molar-refractivity contribution in [3.05, 3.63) is 83.6 Å². The van der Waals surface area contributed by atoms with E-state index in [0.29, 0.717) is 6.54 Å². The van der Waals surface area contributed by atoms with E-state index in [2.05, 4.69) is 17.4 Å². The van der Waals surface area contributed by atoms with Crippen molar-refractivity contribution in [2.45, 2.75) is 13.1 Å². The third kappa shape index (κ3) is 3.87. The second-order valence-corrected chi connectivity index (χ2v) is 5.24. The van der Waals surface area contributed by atoms with Crippen LogP contribution >= 0.6 is 0 Å². The van der Waals surface area contributed by atoms with Gasteiger partial charge < -0.3 is 14.8 Å². The smallest absolute Gasteiger partial charge is 0.335 e. The molecule has 0 bridgehead atoms. The summed E-state index contributed by atoms with van der Waals surface area (Å²) >= 11 is 0. The summed E-state index contributed by atoms with van der Waals surface area (Å²) in [6, 6.07) is 20.7. The lowest BCUT2D eigenvalue weighted by atomic mass is 10.1. The van der Waals surface area contributed by atoms with Crippen LogP contribution in [0.2, 0.25) is 0 Å². The fourth-order valence-corrected chi connectivity index (χ4v) is 2.33. The zero-order valence-corrected chi connectivity index (χ0v) is 12.5. The largest absolute Gasteiger partial charge is 0.478 e. The van der Waals surface area contributed by atoms with Crippen molar-refractivity contribution in [1.82, 2.24) is 5.32 Å². The lowest BCUT2D eigenvalue weighted by Gasteiger charge is -2.03. The van der Waals surface area contributed by atoms with E-state index in [0.717, 1.165) is 23.6 Å². The molecule has 4 heteroatoms. The van der Waals surface area contributed by atoms with Gasteiger partial charge in [0.2, 0.25) is 0 Å². The molecule has 1 aromatic heterocycles. The summed E-state index contributed by atoms with van der Waals surface area (Å²) in [7, 11) is 0. The van der Waals surface area contributed by atoms with Gasteiger partial charge >= 0.3 is 5.97 Å². The third-order valence-electron chi connectivity index (χ3n) is 3.55. The Bertz CT molecular complexity index is 776. The molecule has 0 spiro atoms. The Balaban J connectivity index is 1.60. The highest BCUT2D eigenvalue weighted by atomic mass is 16.4. The van der Waals surface area contributed by atoms with E-state index in [-0.39, 0.29) is 5.56 Å². The van der Waals surface area contributed by atoms with Crippen molar-refractivity contribution in [2.24, 2.45) is 0 Å². The molecule has 4 nitrogen and oxygen atoms in total. The number of benzene rings is 2. The summed E-state index contributed by atoms with van der Waals surface area (Å²) in [6.07, 6.45) is 0. The van der Waals surface area contributed by atoms with E-state index < -0.39 is 5.97 Å². The Morgan fingerprint density at radius 3 is 2.35 bits per heavy atom. The van der Waals surface area contributed by atoms with Gasteiger partial charge in [-0.1, -0.05) is 42.5 Å². The maximum Gasteiger partial charge on any atom is 0.335 e. The number of nitrogens with one attached hydrogen (secondary N) is 1. The average molecular weight is 307 g/mol. The maximum atomic E-state index is 10.9. The second kappa shape index (κ2) is 6.94. The molecular weight excluding hydrogens is 290 g/mol. The summed E-state index contributed by atoms with van der Waals surface area (Å²) < 4.78 is 5.80. The minimum Gasteiger partial charge on any atom is -0.478 e. The molecule has 2 aromatic carbocycles. The quantitative estimate of drug-likeness (QED) is 0.724. The van der Waals surface area contributed by atoms with Crippen molar-refractivity contribution in [1.29, 1.82) is 0 Å². The van der Waals surface area contributed by atoms with E-state index >= 15 is 0 Å². The first kappa shape index (κ1) is 15.1. The molecule has 0 atom stereocenters. The second-order valence-electron chi connectivity index (χ2n) is 5.24. The van der Waals surface area contributed by atoms with E-state index in [4.69, 9.17) is 9.52 Å².